The lowest BCUT2D eigenvalue weighted by molar-refractivity contribution is -0.384. The number of halogens is 1. The summed E-state index contributed by atoms with van der Waals surface area (Å²) in [7, 11) is 0. The monoisotopic (exact) mass is 593 g/mol. The van der Waals surface area contributed by atoms with Crippen molar-refractivity contribution in [2.75, 3.05) is 4.90 Å². The van der Waals surface area contributed by atoms with Crippen LogP contribution in [0.1, 0.15) is 42.3 Å². The number of non-ortho nitro benzene ring substituents is 1. The third-order valence-electron chi connectivity index (χ3n) is 6.89. The van der Waals surface area contributed by atoms with Crippen LogP contribution < -0.4 is 9.64 Å². The van der Waals surface area contributed by atoms with Gasteiger partial charge < -0.3 is 9.47 Å². The molecule has 1 aromatic heterocycles. The van der Waals surface area contributed by atoms with Crippen LogP contribution in [-0.4, -0.2) is 27.7 Å². The van der Waals surface area contributed by atoms with Gasteiger partial charge in [0.1, 0.15) is 18.1 Å². The van der Waals surface area contributed by atoms with Crippen LogP contribution in [0.25, 0.3) is 10.9 Å². The Labute approximate surface area is 249 Å². The van der Waals surface area contributed by atoms with Crippen molar-refractivity contribution in [1.82, 2.24) is 4.98 Å². The van der Waals surface area contributed by atoms with Gasteiger partial charge in [-0.15, -0.1) is 0 Å². The third kappa shape index (κ3) is 5.15. The first-order valence-electron chi connectivity index (χ1n) is 13.0. The number of aromatic nitrogens is 1. The summed E-state index contributed by atoms with van der Waals surface area (Å²) in [5.74, 6) is -0.940. The fraction of sp³-hybridized carbons (Fsp3) is 0.0625. The normalized spacial score (nSPS) is 12.4. The number of aryl methyl sites for hydroxylation is 1. The van der Waals surface area contributed by atoms with Crippen LogP contribution in [0.3, 0.4) is 0 Å². The summed E-state index contributed by atoms with van der Waals surface area (Å²) in [6.45, 7) is 1.64. The van der Waals surface area contributed by atoms with Crippen molar-refractivity contribution >= 4 is 51.7 Å². The molecule has 212 valence electrons. The zero-order valence-corrected chi connectivity index (χ0v) is 23.2. The Hall–Kier alpha value is -5.61. The summed E-state index contributed by atoms with van der Waals surface area (Å²) in [4.78, 5) is 55.7. The highest BCUT2D eigenvalue weighted by Gasteiger charge is 2.40. The lowest BCUT2D eigenvalue weighted by Crippen LogP contribution is -2.29. The first-order chi connectivity index (χ1) is 20.7. The summed E-state index contributed by atoms with van der Waals surface area (Å²) < 4.78 is 11.2. The minimum atomic E-state index is -0.639. The van der Waals surface area contributed by atoms with Crippen molar-refractivity contribution in [1.29, 1.82) is 0 Å². The zero-order chi connectivity index (χ0) is 30.2. The molecule has 10 nitrogen and oxygen atoms in total. The minimum Gasteiger partial charge on any atom is -0.457 e. The number of benzene rings is 4. The van der Waals surface area contributed by atoms with Crippen LogP contribution in [0.4, 0.5) is 11.4 Å². The molecular weight excluding hydrogens is 574 g/mol. The van der Waals surface area contributed by atoms with Gasteiger partial charge in [0.05, 0.1) is 43.5 Å². The van der Waals surface area contributed by atoms with E-state index in [1.54, 1.807) is 61.5 Å². The number of para-hydroxylation sites is 1. The van der Waals surface area contributed by atoms with Crippen LogP contribution in [0, 0.1) is 17.0 Å². The molecule has 1 aliphatic heterocycles. The lowest BCUT2D eigenvalue weighted by atomic mass is 10.0. The Balaban J connectivity index is 1.14. The molecular formula is C32H20ClN3O7. The molecule has 11 heteroatoms. The van der Waals surface area contributed by atoms with Crippen molar-refractivity contribution in [3.63, 3.8) is 0 Å². The standard InChI is InChI=1S/C32H20ClN3O7/c1-18-28-29(24-7-2-3-8-26(24)34-18)31(38)35(30(28)37)21-6-4-5-20(15-21)32(39)42-17-19-9-12-23(13-10-19)43-27-14-11-22(36(40)41)16-25(27)33/h2-16H,17H2,1H3. The Bertz CT molecular complexity index is 1970. The highest BCUT2D eigenvalue weighted by Crippen LogP contribution is 2.35. The molecule has 0 radical (unpaired) electrons. The number of carbonyl (C=O) groups excluding carboxylic acids is 3. The molecule has 6 rings (SSSR count). The van der Waals surface area contributed by atoms with Crippen LogP contribution >= 0.6 is 11.6 Å². The number of hydrogen-bond donors (Lipinski definition) is 0. The maximum absolute atomic E-state index is 13.5. The molecule has 2 amide bonds. The van der Waals surface area contributed by atoms with Crippen LogP contribution in [0.2, 0.25) is 5.02 Å². The van der Waals surface area contributed by atoms with Crippen LogP contribution in [0.5, 0.6) is 11.5 Å². The maximum atomic E-state index is 13.5. The fourth-order valence-corrected chi connectivity index (χ4v) is 5.05. The summed E-state index contributed by atoms with van der Waals surface area (Å²) in [6, 6.07) is 23.9. The molecule has 43 heavy (non-hydrogen) atoms. The number of esters is 1. The predicted molar refractivity (Wildman–Crippen MR) is 158 cm³/mol. The van der Waals surface area contributed by atoms with Gasteiger partial charge in [-0.1, -0.05) is 48.0 Å². The van der Waals surface area contributed by atoms with Crippen LogP contribution in [0.15, 0.2) is 91.0 Å². The van der Waals surface area contributed by atoms with E-state index < -0.39 is 22.7 Å². The average Bonchev–Trinajstić information content (AvgIpc) is 3.28. The predicted octanol–water partition coefficient (Wildman–Crippen LogP) is 7.05. The summed E-state index contributed by atoms with van der Waals surface area (Å²) in [6.07, 6.45) is 0. The van der Waals surface area contributed by atoms with Crippen molar-refractivity contribution in [2.24, 2.45) is 0 Å². The van der Waals surface area contributed by atoms with Crippen molar-refractivity contribution in [2.45, 2.75) is 13.5 Å². The number of imide groups is 1. The molecule has 2 heterocycles. The van der Waals surface area contributed by atoms with Gasteiger partial charge in [-0.3, -0.25) is 24.7 Å². The highest BCUT2D eigenvalue weighted by atomic mass is 35.5. The van der Waals surface area contributed by atoms with Crippen molar-refractivity contribution in [3.8, 4) is 11.5 Å². The number of nitro benzene ring substituents is 1. The molecule has 0 aliphatic carbocycles. The number of carbonyl (C=O) groups is 3. The van der Waals surface area contributed by atoms with E-state index >= 15 is 0 Å². The fourth-order valence-electron chi connectivity index (χ4n) is 4.84. The molecule has 0 N–H and O–H groups in total. The largest absolute Gasteiger partial charge is 0.457 e. The topological polar surface area (TPSA) is 129 Å². The molecule has 0 unspecified atom stereocenters. The van der Waals surface area contributed by atoms with Gasteiger partial charge in [0, 0.05) is 17.5 Å². The van der Waals surface area contributed by atoms with E-state index in [0.717, 1.165) is 4.90 Å². The molecule has 1 aliphatic rings. The second-order valence-electron chi connectivity index (χ2n) is 9.65. The molecule has 0 atom stereocenters. The second-order valence-corrected chi connectivity index (χ2v) is 10.1. The van der Waals surface area contributed by atoms with Crippen molar-refractivity contribution < 1.29 is 28.8 Å². The number of hydrogen-bond acceptors (Lipinski definition) is 8. The number of rotatable bonds is 7. The Morgan fingerprint density at radius 2 is 1.67 bits per heavy atom. The zero-order valence-electron chi connectivity index (χ0n) is 22.4. The molecule has 4 aromatic carbocycles. The van der Waals surface area contributed by atoms with Gasteiger partial charge in [0.25, 0.3) is 17.5 Å². The smallest absolute Gasteiger partial charge is 0.338 e. The highest BCUT2D eigenvalue weighted by molar-refractivity contribution is 6.38. The Kier molecular flexibility index (Phi) is 7.04. The number of nitrogens with zero attached hydrogens (tertiary/aromatic N) is 3. The summed E-state index contributed by atoms with van der Waals surface area (Å²) >= 11 is 6.09. The van der Waals surface area contributed by atoms with Gasteiger partial charge >= 0.3 is 5.97 Å². The second kappa shape index (κ2) is 11.0. The van der Waals surface area contributed by atoms with Gasteiger partial charge in [-0.2, -0.15) is 0 Å². The minimum absolute atomic E-state index is 0.0501. The number of ether oxygens (including phenoxy) is 2. The quantitative estimate of drug-likeness (QED) is 0.0849. The molecule has 0 bridgehead atoms. The van der Waals surface area contributed by atoms with E-state index in [4.69, 9.17) is 21.1 Å². The SMILES string of the molecule is Cc1nc2ccccc2c2c1C(=O)N(c1cccc(C(=O)OCc3ccc(Oc4ccc([N+](=O)[O-])cc4Cl)cc3)c1)C2=O. The number of pyridine rings is 1. The van der Waals surface area contributed by atoms with Crippen molar-refractivity contribution in [3.05, 3.63) is 134 Å². The van der Waals surface area contributed by atoms with Gasteiger partial charge in [-0.05, 0) is 55.0 Å². The molecule has 0 saturated carbocycles. The molecule has 0 spiro atoms. The number of fused-ring (bicyclic) bond motifs is 3. The van der Waals surface area contributed by atoms with E-state index in [-0.39, 0.29) is 39.9 Å². The van der Waals surface area contributed by atoms with Gasteiger partial charge in [0.15, 0.2) is 0 Å². The number of anilines is 1. The first-order valence-corrected chi connectivity index (χ1v) is 13.3. The van der Waals surface area contributed by atoms with E-state index in [0.29, 0.717) is 33.5 Å². The Morgan fingerprint density at radius 1 is 0.930 bits per heavy atom. The van der Waals surface area contributed by atoms with E-state index in [2.05, 4.69) is 4.98 Å². The van der Waals surface area contributed by atoms with Crippen LogP contribution in [-0.2, 0) is 11.3 Å². The number of nitro groups is 1. The molecule has 0 fully saturated rings. The van der Waals surface area contributed by atoms with Gasteiger partial charge in [-0.25, -0.2) is 9.69 Å². The van der Waals surface area contributed by atoms with E-state index in [1.807, 2.05) is 6.07 Å². The summed E-state index contributed by atoms with van der Waals surface area (Å²) in [5, 5.41) is 11.6. The number of amides is 2. The first kappa shape index (κ1) is 27.6. The third-order valence-corrected chi connectivity index (χ3v) is 7.19. The molecule has 0 saturated heterocycles. The van der Waals surface area contributed by atoms with Gasteiger partial charge in [0.2, 0.25) is 0 Å². The average molecular weight is 594 g/mol. The maximum Gasteiger partial charge on any atom is 0.338 e. The molecule has 5 aromatic rings. The lowest BCUT2D eigenvalue weighted by Gasteiger charge is -2.15. The van der Waals surface area contributed by atoms with E-state index in [9.17, 15) is 24.5 Å². The van der Waals surface area contributed by atoms with E-state index in [1.165, 1.54) is 30.3 Å². The Morgan fingerprint density at radius 3 is 2.42 bits per heavy atom. The summed E-state index contributed by atoms with van der Waals surface area (Å²) in [5.41, 5.74) is 2.55.